The Bertz CT molecular complexity index is 717. The Morgan fingerprint density at radius 2 is 2.24 bits per heavy atom. The summed E-state index contributed by atoms with van der Waals surface area (Å²) in [5.74, 6) is 0.353. The number of nitro benzene ring substituents is 1. The van der Waals surface area contributed by atoms with Crippen LogP contribution in [0.25, 0.3) is 0 Å². The average Bonchev–Trinajstić information content (AvgIpc) is 2.58. The van der Waals surface area contributed by atoms with Crippen molar-refractivity contribution in [2.24, 2.45) is 0 Å². The summed E-state index contributed by atoms with van der Waals surface area (Å²) < 4.78 is 5.32. The molecular weight excluding hydrogens is 344 g/mol. The van der Waals surface area contributed by atoms with Crippen molar-refractivity contribution in [2.45, 2.75) is 26.2 Å². The third-order valence-corrected chi connectivity index (χ3v) is 4.70. The highest BCUT2D eigenvalue weighted by Gasteiger charge is 2.33. The average molecular weight is 364 g/mol. The molecule has 1 amide bonds. The molecule has 0 saturated carbocycles. The lowest BCUT2D eigenvalue weighted by Crippen LogP contribution is -2.34. The maximum atomic E-state index is 12.5. The number of nitrogens with zero attached hydrogens (tertiary/aromatic N) is 1. The topological polar surface area (TPSA) is 98.5 Å². The van der Waals surface area contributed by atoms with Gasteiger partial charge in [0.1, 0.15) is 6.61 Å². The van der Waals surface area contributed by atoms with Crippen molar-refractivity contribution in [1.29, 1.82) is 0 Å². The zero-order valence-electron chi connectivity index (χ0n) is 14.1. The first-order valence-electron chi connectivity index (χ1n) is 7.93. The van der Waals surface area contributed by atoms with Crippen LogP contribution in [0.15, 0.2) is 35.5 Å². The van der Waals surface area contributed by atoms with Crippen LogP contribution in [0.5, 0.6) is 0 Å². The van der Waals surface area contributed by atoms with Gasteiger partial charge in [0, 0.05) is 35.9 Å². The summed E-state index contributed by atoms with van der Waals surface area (Å²) in [5.41, 5.74) is 1.26. The number of hydrogen-bond acceptors (Lipinski definition) is 6. The van der Waals surface area contributed by atoms with E-state index in [4.69, 9.17) is 4.74 Å². The van der Waals surface area contributed by atoms with Gasteiger partial charge in [-0.2, -0.15) is 11.8 Å². The van der Waals surface area contributed by atoms with E-state index in [1.807, 2.05) is 6.92 Å². The van der Waals surface area contributed by atoms with Crippen LogP contribution in [0.2, 0.25) is 0 Å². The summed E-state index contributed by atoms with van der Waals surface area (Å²) in [5, 5.41) is 13.7. The van der Waals surface area contributed by atoms with Crippen LogP contribution in [0.3, 0.4) is 0 Å². The van der Waals surface area contributed by atoms with Crippen LogP contribution in [0, 0.1) is 10.1 Å². The number of esters is 1. The number of thioether (sulfide) groups is 1. The molecule has 7 nitrogen and oxygen atoms in total. The van der Waals surface area contributed by atoms with Gasteiger partial charge in [-0.05, 0) is 18.2 Å². The van der Waals surface area contributed by atoms with Crippen LogP contribution >= 0.6 is 11.8 Å². The third-order valence-electron chi connectivity index (χ3n) is 3.84. The molecule has 1 aliphatic rings. The summed E-state index contributed by atoms with van der Waals surface area (Å²) in [4.78, 5) is 34.9. The minimum atomic E-state index is -0.556. The first kappa shape index (κ1) is 19.0. The lowest BCUT2D eigenvalue weighted by Gasteiger charge is -2.26. The Balaban J connectivity index is 2.29. The van der Waals surface area contributed by atoms with Gasteiger partial charge in [0.05, 0.1) is 10.5 Å². The molecule has 1 atom stereocenters. The Labute approximate surface area is 150 Å². The van der Waals surface area contributed by atoms with Crippen LogP contribution in [0.4, 0.5) is 5.69 Å². The number of hydrogen-bond donors (Lipinski definition) is 1. The summed E-state index contributed by atoms with van der Waals surface area (Å²) >= 11 is 1.66. The molecule has 1 heterocycles. The number of rotatable bonds is 7. The number of carbonyl (C=O) groups is 2. The number of amides is 1. The molecule has 0 saturated heterocycles. The monoisotopic (exact) mass is 364 g/mol. The standard InChI is InChI=1S/C17H20N2O5S/c1-3-25-8-7-24-17(21)16-11(2)18-15(20)10-14(16)12-5-4-6-13(9-12)19(22)23/h4-6,9,14H,3,7-8,10H2,1-2H3,(H,18,20)/t14-/m1/s1. The molecule has 1 aromatic carbocycles. The predicted octanol–water partition coefficient (Wildman–Crippen LogP) is 2.77. The van der Waals surface area contributed by atoms with Gasteiger partial charge in [-0.1, -0.05) is 19.1 Å². The van der Waals surface area contributed by atoms with Crippen molar-refractivity contribution in [1.82, 2.24) is 5.32 Å². The molecule has 1 N–H and O–H groups in total. The highest BCUT2D eigenvalue weighted by molar-refractivity contribution is 7.99. The van der Waals surface area contributed by atoms with Crippen LogP contribution in [-0.4, -0.2) is 34.9 Å². The van der Waals surface area contributed by atoms with Crippen LogP contribution < -0.4 is 5.32 Å². The smallest absolute Gasteiger partial charge is 0.336 e. The minimum absolute atomic E-state index is 0.0483. The van der Waals surface area contributed by atoms with Gasteiger partial charge in [-0.25, -0.2) is 4.79 Å². The van der Waals surface area contributed by atoms with Gasteiger partial charge >= 0.3 is 5.97 Å². The van der Waals surface area contributed by atoms with Gasteiger partial charge in [-0.3, -0.25) is 14.9 Å². The molecule has 8 heteroatoms. The Morgan fingerprint density at radius 1 is 1.48 bits per heavy atom. The largest absolute Gasteiger partial charge is 0.461 e. The number of non-ortho nitro benzene ring substituents is 1. The summed E-state index contributed by atoms with van der Waals surface area (Å²) in [6.45, 7) is 3.94. The number of benzene rings is 1. The van der Waals surface area contributed by atoms with Crippen molar-refractivity contribution < 1.29 is 19.2 Å². The SMILES string of the molecule is CCSCCOC(=O)C1=C(C)NC(=O)C[C@@H]1c1cccc([N+](=O)[O-])c1. The van der Waals surface area contributed by atoms with Gasteiger partial charge in [0.2, 0.25) is 5.91 Å². The summed E-state index contributed by atoms with van der Waals surface area (Å²) in [6.07, 6.45) is 0.0483. The maximum Gasteiger partial charge on any atom is 0.336 e. The van der Waals surface area contributed by atoms with E-state index in [-0.39, 0.29) is 24.6 Å². The van der Waals surface area contributed by atoms with E-state index in [0.29, 0.717) is 22.6 Å². The summed E-state index contributed by atoms with van der Waals surface area (Å²) in [6, 6.07) is 6.01. The van der Waals surface area contributed by atoms with Crippen molar-refractivity contribution in [3.05, 3.63) is 51.2 Å². The lowest BCUT2D eigenvalue weighted by atomic mass is 9.84. The molecule has 134 valence electrons. The van der Waals surface area contributed by atoms with E-state index < -0.39 is 16.8 Å². The van der Waals surface area contributed by atoms with Gasteiger partial charge in [0.25, 0.3) is 5.69 Å². The molecular formula is C17H20N2O5S. The number of carbonyl (C=O) groups excluding carboxylic acids is 2. The van der Waals surface area contributed by atoms with Crippen LogP contribution in [0.1, 0.15) is 31.7 Å². The Hall–Kier alpha value is -2.35. The molecule has 0 spiro atoms. The van der Waals surface area contributed by atoms with E-state index in [2.05, 4.69) is 5.32 Å². The second-order valence-corrected chi connectivity index (χ2v) is 6.92. The third kappa shape index (κ3) is 4.82. The Kier molecular flexibility index (Phi) is 6.58. The summed E-state index contributed by atoms with van der Waals surface area (Å²) in [7, 11) is 0. The van der Waals surface area contributed by atoms with Gasteiger partial charge < -0.3 is 10.1 Å². The molecule has 0 radical (unpaired) electrons. The van der Waals surface area contributed by atoms with Crippen molar-refractivity contribution in [3.8, 4) is 0 Å². The fraction of sp³-hybridized carbons (Fsp3) is 0.412. The Morgan fingerprint density at radius 3 is 2.92 bits per heavy atom. The van der Waals surface area contributed by atoms with E-state index in [1.165, 1.54) is 12.1 Å². The molecule has 25 heavy (non-hydrogen) atoms. The quantitative estimate of drug-likeness (QED) is 0.346. The maximum absolute atomic E-state index is 12.5. The zero-order chi connectivity index (χ0) is 18.4. The van der Waals surface area contributed by atoms with E-state index in [0.717, 1.165) is 5.75 Å². The van der Waals surface area contributed by atoms with Crippen molar-refractivity contribution in [3.63, 3.8) is 0 Å². The predicted molar refractivity (Wildman–Crippen MR) is 95.3 cm³/mol. The first-order valence-corrected chi connectivity index (χ1v) is 9.09. The zero-order valence-corrected chi connectivity index (χ0v) is 14.9. The fourth-order valence-corrected chi connectivity index (χ4v) is 3.22. The number of allylic oxidation sites excluding steroid dienone is 1. The molecule has 0 fully saturated rings. The molecule has 0 unspecified atom stereocenters. The van der Waals surface area contributed by atoms with E-state index >= 15 is 0 Å². The molecule has 0 aromatic heterocycles. The second kappa shape index (κ2) is 8.66. The highest BCUT2D eigenvalue weighted by atomic mass is 32.2. The number of nitro groups is 1. The second-order valence-electron chi connectivity index (χ2n) is 5.53. The first-order chi connectivity index (χ1) is 11.9. The normalized spacial score (nSPS) is 17.2. The van der Waals surface area contributed by atoms with Gasteiger partial charge in [-0.15, -0.1) is 0 Å². The van der Waals surface area contributed by atoms with Crippen molar-refractivity contribution >= 4 is 29.3 Å². The molecule has 0 aliphatic carbocycles. The molecule has 1 aliphatic heterocycles. The van der Waals surface area contributed by atoms with Gasteiger partial charge in [0.15, 0.2) is 0 Å². The minimum Gasteiger partial charge on any atom is -0.461 e. The molecule has 0 bridgehead atoms. The molecule has 2 rings (SSSR count). The van der Waals surface area contributed by atoms with E-state index in [1.54, 1.807) is 30.8 Å². The molecule has 1 aromatic rings. The highest BCUT2D eigenvalue weighted by Crippen LogP contribution is 2.34. The lowest BCUT2D eigenvalue weighted by molar-refractivity contribution is -0.384. The van der Waals surface area contributed by atoms with E-state index in [9.17, 15) is 19.7 Å². The number of ether oxygens (including phenoxy) is 1. The van der Waals surface area contributed by atoms with Crippen molar-refractivity contribution in [2.75, 3.05) is 18.1 Å². The fourth-order valence-electron chi connectivity index (χ4n) is 2.73. The number of nitrogens with one attached hydrogen (secondary N) is 1. The van der Waals surface area contributed by atoms with Crippen LogP contribution in [-0.2, 0) is 14.3 Å².